The molecular formula is C25H24FN3O3. The van der Waals surface area contributed by atoms with E-state index in [-0.39, 0.29) is 24.9 Å². The van der Waals surface area contributed by atoms with Crippen LogP contribution in [0.3, 0.4) is 0 Å². The second-order valence-corrected chi connectivity index (χ2v) is 7.76. The molecule has 0 bridgehead atoms. The molecule has 0 saturated heterocycles. The zero-order valence-corrected chi connectivity index (χ0v) is 18.0. The highest BCUT2D eigenvalue weighted by Gasteiger charge is 2.34. The third-order valence-electron chi connectivity index (χ3n) is 5.76. The number of halogens is 1. The van der Waals surface area contributed by atoms with Crippen LogP contribution in [-0.2, 0) is 16.1 Å². The normalized spacial score (nSPS) is 13.3. The molecule has 1 atom stereocenters. The lowest BCUT2D eigenvalue weighted by Crippen LogP contribution is -2.51. The van der Waals surface area contributed by atoms with Crippen molar-refractivity contribution in [3.8, 4) is 0 Å². The highest BCUT2D eigenvalue weighted by Crippen LogP contribution is 2.37. The maximum absolute atomic E-state index is 14.3. The number of rotatable bonds is 7. The predicted octanol–water partition coefficient (Wildman–Crippen LogP) is 3.49. The Labute approximate surface area is 185 Å². The molecule has 0 radical (unpaired) electrons. The van der Waals surface area contributed by atoms with Crippen LogP contribution in [0, 0.1) is 5.82 Å². The Kier molecular flexibility index (Phi) is 5.90. The highest BCUT2D eigenvalue weighted by atomic mass is 19.1. The van der Waals surface area contributed by atoms with Crippen LogP contribution in [0.1, 0.15) is 29.8 Å². The number of likely N-dealkylation sites (N-methyl/N-ethyl adjacent to an activating group) is 1. The van der Waals surface area contributed by atoms with E-state index in [1.54, 1.807) is 44.2 Å². The molecule has 0 saturated carbocycles. The Bertz CT molecular complexity index is 1200. The molecule has 1 unspecified atom stereocenters. The third kappa shape index (κ3) is 3.82. The first kappa shape index (κ1) is 21.5. The Balaban J connectivity index is 1.64. The van der Waals surface area contributed by atoms with Gasteiger partial charge in [-0.15, -0.1) is 0 Å². The molecule has 164 valence electrons. The van der Waals surface area contributed by atoms with Crippen LogP contribution in [0.25, 0.3) is 10.8 Å². The molecule has 3 aromatic rings. The Hall–Kier alpha value is -3.74. The fraction of sp³-hybridized carbons (Fsp3) is 0.240. The lowest BCUT2D eigenvalue weighted by Gasteiger charge is -2.30. The van der Waals surface area contributed by atoms with Gasteiger partial charge in [-0.3, -0.25) is 19.3 Å². The minimum absolute atomic E-state index is 0.0804. The molecule has 0 spiro atoms. The number of carbonyl (C=O) groups excluding carboxylic acids is 3. The zero-order chi connectivity index (χ0) is 22.8. The molecule has 7 heteroatoms. The van der Waals surface area contributed by atoms with E-state index in [1.807, 2.05) is 24.3 Å². The van der Waals surface area contributed by atoms with Crippen LogP contribution in [0.5, 0.6) is 0 Å². The van der Waals surface area contributed by atoms with E-state index < -0.39 is 17.8 Å². The van der Waals surface area contributed by atoms with Crippen molar-refractivity contribution < 1.29 is 18.8 Å². The molecule has 32 heavy (non-hydrogen) atoms. The Morgan fingerprint density at radius 3 is 2.50 bits per heavy atom. The van der Waals surface area contributed by atoms with Crippen LogP contribution < -0.4 is 10.2 Å². The number of anilines is 1. The van der Waals surface area contributed by atoms with E-state index in [4.69, 9.17) is 0 Å². The maximum atomic E-state index is 14.3. The smallest absolute Gasteiger partial charge is 0.259 e. The molecule has 0 aromatic heterocycles. The average molecular weight is 433 g/mol. The molecule has 3 aromatic carbocycles. The van der Waals surface area contributed by atoms with Gasteiger partial charge in [0.1, 0.15) is 18.4 Å². The van der Waals surface area contributed by atoms with Gasteiger partial charge in [-0.05, 0) is 37.4 Å². The van der Waals surface area contributed by atoms with Gasteiger partial charge in [-0.25, -0.2) is 4.39 Å². The van der Waals surface area contributed by atoms with Gasteiger partial charge in [0.15, 0.2) is 0 Å². The quantitative estimate of drug-likeness (QED) is 0.620. The Morgan fingerprint density at radius 2 is 1.78 bits per heavy atom. The van der Waals surface area contributed by atoms with Crippen molar-refractivity contribution in [2.45, 2.75) is 26.4 Å². The van der Waals surface area contributed by atoms with Crippen molar-refractivity contribution in [1.82, 2.24) is 10.2 Å². The first-order valence-corrected chi connectivity index (χ1v) is 10.6. The third-order valence-corrected chi connectivity index (χ3v) is 5.76. The second-order valence-electron chi connectivity index (χ2n) is 7.76. The van der Waals surface area contributed by atoms with E-state index in [1.165, 1.54) is 15.9 Å². The van der Waals surface area contributed by atoms with E-state index in [2.05, 4.69) is 5.32 Å². The van der Waals surface area contributed by atoms with Crippen LogP contribution in [-0.4, -0.2) is 41.8 Å². The summed E-state index contributed by atoms with van der Waals surface area (Å²) in [5.41, 5.74) is 1.51. The topological polar surface area (TPSA) is 69.7 Å². The van der Waals surface area contributed by atoms with E-state index in [0.29, 0.717) is 23.4 Å². The SMILES string of the molecule is CCNC(=O)C(C)N(Cc1ccccc1F)C(=O)CN1C(=O)c2cccc3cccc1c23. The molecular weight excluding hydrogens is 409 g/mol. The molecule has 6 nitrogen and oxygen atoms in total. The predicted molar refractivity (Wildman–Crippen MR) is 121 cm³/mol. The van der Waals surface area contributed by atoms with E-state index in [0.717, 1.165) is 10.8 Å². The van der Waals surface area contributed by atoms with Crippen molar-refractivity contribution in [2.75, 3.05) is 18.0 Å². The molecule has 3 amide bonds. The largest absolute Gasteiger partial charge is 0.355 e. The fourth-order valence-corrected chi connectivity index (χ4v) is 4.08. The van der Waals surface area contributed by atoms with Gasteiger partial charge in [-0.1, -0.05) is 42.5 Å². The van der Waals surface area contributed by atoms with Crippen LogP contribution >= 0.6 is 0 Å². The molecule has 1 heterocycles. The lowest BCUT2D eigenvalue weighted by atomic mass is 10.1. The van der Waals surface area contributed by atoms with Crippen molar-refractivity contribution in [1.29, 1.82) is 0 Å². The maximum Gasteiger partial charge on any atom is 0.259 e. The van der Waals surface area contributed by atoms with E-state index >= 15 is 0 Å². The summed E-state index contributed by atoms with van der Waals surface area (Å²) in [5.74, 6) is -1.50. The summed E-state index contributed by atoms with van der Waals surface area (Å²) >= 11 is 0. The summed E-state index contributed by atoms with van der Waals surface area (Å²) in [7, 11) is 0. The summed E-state index contributed by atoms with van der Waals surface area (Å²) in [6.07, 6.45) is 0. The minimum atomic E-state index is -0.835. The fourth-order valence-electron chi connectivity index (χ4n) is 4.08. The Morgan fingerprint density at radius 1 is 1.06 bits per heavy atom. The number of benzene rings is 3. The molecule has 0 fully saturated rings. The first-order valence-electron chi connectivity index (χ1n) is 10.6. The second kappa shape index (κ2) is 8.78. The number of carbonyl (C=O) groups is 3. The number of hydrogen-bond acceptors (Lipinski definition) is 3. The number of hydrogen-bond donors (Lipinski definition) is 1. The molecule has 1 N–H and O–H groups in total. The number of nitrogens with one attached hydrogen (secondary N) is 1. The zero-order valence-electron chi connectivity index (χ0n) is 18.0. The molecule has 4 rings (SSSR count). The summed E-state index contributed by atoms with van der Waals surface area (Å²) in [4.78, 5) is 41.7. The summed E-state index contributed by atoms with van der Waals surface area (Å²) in [6, 6.07) is 16.3. The van der Waals surface area contributed by atoms with Gasteiger partial charge in [0.2, 0.25) is 11.8 Å². The van der Waals surface area contributed by atoms with Gasteiger partial charge < -0.3 is 10.2 Å². The van der Waals surface area contributed by atoms with Crippen molar-refractivity contribution in [3.63, 3.8) is 0 Å². The van der Waals surface area contributed by atoms with Gasteiger partial charge in [0.05, 0.1) is 5.69 Å². The lowest BCUT2D eigenvalue weighted by molar-refractivity contribution is -0.139. The van der Waals surface area contributed by atoms with Crippen LogP contribution in [0.2, 0.25) is 0 Å². The first-order chi connectivity index (χ1) is 15.4. The number of amides is 3. The van der Waals surface area contributed by atoms with Gasteiger partial charge in [0, 0.05) is 29.6 Å². The highest BCUT2D eigenvalue weighted by molar-refractivity contribution is 6.26. The average Bonchev–Trinajstić information content (AvgIpc) is 3.06. The summed E-state index contributed by atoms with van der Waals surface area (Å²) < 4.78 is 14.3. The van der Waals surface area contributed by atoms with Gasteiger partial charge in [0.25, 0.3) is 5.91 Å². The van der Waals surface area contributed by atoms with Crippen LogP contribution in [0.4, 0.5) is 10.1 Å². The monoisotopic (exact) mass is 433 g/mol. The summed E-state index contributed by atoms with van der Waals surface area (Å²) in [6.45, 7) is 3.47. The van der Waals surface area contributed by atoms with Gasteiger partial charge >= 0.3 is 0 Å². The van der Waals surface area contributed by atoms with Gasteiger partial charge in [-0.2, -0.15) is 0 Å². The standard InChI is InChI=1S/C25H24FN3O3/c1-3-27-24(31)16(2)28(14-18-8-4-5-12-20(18)26)22(30)15-29-21-13-7-10-17-9-6-11-19(23(17)21)25(29)32/h4-13,16H,3,14-15H2,1-2H3,(H,27,31). The molecule has 1 aliphatic heterocycles. The van der Waals surface area contributed by atoms with Crippen molar-refractivity contribution in [2.24, 2.45) is 0 Å². The van der Waals surface area contributed by atoms with Crippen molar-refractivity contribution >= 4 is 34.2 Å². The molecule has 1 aliphatic rings. The van der Waals surface area contributed by atoms with E-state index in [9.17, 15) is 18.8 Å². The molecule has 0 aliphatic carbocycles. The van der Waals surface area contributed by atoms with Crippen LogP contribution in [0.15, 0.2) is 60.7 Å². The minimum Gasteiger partial charge on any atom is -0.355 e. The number of nitrogens with zero attached hydrogens (tertiary/aromatic N) is 2. The summed E-state index contributed by atoms with van der Waals surface area (Å²) in [5, 5.41) is 4.44. The van der Waals surface area contributed by atoms with Crippen molar-refractivity contribution in [3.05, 3.63) is 77.6 Å².